The zero-order valence-electron chi connectivity index (χ0n) is 44.2. The van der Waals surface area contributed by atoms with Gasteiger partial charge in [-0.25, -0.2) is 0 Å². The summed E-state index contributed by atoms with van der Waals surface area (Å²) in [6, 6.07) is 51.1. The van der Waals surface area contributed by atoms with E-state index < -0.39 is 15.8 Å². The number of rotatable bonds is 12. The van der Waals surface area contributed by atoms with Crippen LogP contribution in [0.15, 0.2) is 146 Å². The molecule has 0 aromatic heterocycles. The van der Waals surface area contributed by atoms with E-state index in [9.17, 15) is 0 Å². The minimum Gasteiger partial charge on any atom is -0.488 e. The van der Waals surface area contributed by atoms with Gasteiger partial charge in [0.2, 0.25) is 0 Å². The highest BCUT2D eigenvalue weighted by Crippen LogP contribution is 2.37. The van der Waals surface area contributed by atoms with Crippen LogP contribution in [-0.4, -0.2) is 33.6 Å². The van der Waals surface area contributed by atoms with Crippen molar-refractivity contribution in [2.24, 2.45) is 0 Å². The van der Waals surface area contributed by atoms with E-state index >= 15 is 0 Å². The lowest BCUT2D eigenvalue weighted by atomic mass is 10.2. The van der Waals surface area contributed by atoms with Crippen molar-refractivity contribution in [3.05, 3.63) is 146 Å². The van der Waals surface area contributed by atoms with Crippen LogP contribution in [0.4, 0.5) is 0 Å². The van der Waals surface area contributed by atoms with Crippen molar-refractivity contribution in [1.82, 2.24) is 0 Å². The first kappa shape index (κ1) is 53.9. The maximum Gasteiger partial charge on any atom is 0.120 e. The highest BCUT2D eigenvalue weighted by molar-refractivity contribution is 7.80. The highest BCUT2D eigenvalue weighted by atomic mass is 31.1. The Labute approximate surface area is 412 Å². The third kappa shape index (κ3) is 18.5. The van der Waals surface area contributed by atoms with Gasteiger partial charge in [-0.3, -0.25) is 0 Å². The van der Waals surface area contributed by atoms with Gasteiger partial charge in [0.25, 0.3) is 0 Å². The fourth-order valence-electron chi connectivity index (χ4n) is 7.00. The molecule has 0 radical (unpaired) electrons. The van der Waals surface area contributed by atoms with Gasteiger partial charge in [-0.05, 0) is 245 Å². The molecule has 68 heavy (non-hydrogen) atoms. The Morgan fingerprint density at radius 2 is 0.294 bits per heavy atom. The van der Waals surface area contributed by atoms with E-state index in [0.29, 0.717) is 0 Å². The molecular formula is C60H78O6P2. The van der Waals surface area contributed by atoms with Crippen LogP contribution in [0.5, 0.6) is 34.5 Å². The van der Waals surface area contributed by atoms with Crippen LogP contribution in [0, 0.1) is 0 Å². The summed E-state index contributed by atoms with van der Waals surface area (Å²) in [6.45, 7) is 37.2. The van der Waals surface area contributed by atoms with E-state index in [1.54, 1.807) is 0 Å². The van der Waals surface area contributed by atoms with E-state index in [1.807, 2.05) is 0 Å². The fraction of sp³-hybridized carbons (Fsp3) is 0.400. The van der Waals surface area contributed by atoms with Crippen LogP contribution >= 0.6 is 15.8 Å². The molecule has 0 bridgehead atoms. The molecular weight excluding hydrogens is 879 g/mol. The molecule has 6 aromatic rings. The summed E-state index contributed by atoms with van der Waals surface area (Å²) in [5.41, 5.74) is -1.35. The van der Waals surface area contributed by atoms with Gasteiger partial charge in [-0.15, -0.1) is 0 Å². The van der Waals surface area contributed by atoms with Gasteiger partial charge in [0.05, 0.1) is 0 Å². The van der Waals surface area contributed by atoms with Gasteiger partial charge >= 0.3 is 0 Å². The third-order valence-corrected chi connectivity index (χ3v) is 14.0. The van der Waals surface area contributed by atoms with Crippen LogP contribution in [-0.2, 0) is 0 Å². The molecule has 6 rings (SSSR count). The van der Waals surface area contributed by atoms with Gasteiger partial charge < -0.3 is 28.4 Å². The van der Waals surface area contributed by atoms with Gasteiger partial charge in [0.15, 0.2) is 0 Å². The normalized spacial score (nSPS) is 12.5. The maximum absolute atomic E-state index is 6.05. The van der Waals surface area contributed by atoms with Crippen LogP contribution in [0.2, 0.25) is 0 Å². The van der Waals surface area contributed by atoms with E-state index in [0.717, 1.165) is 34.5 Å². The standard InChI is InChI=1S/2C30H39O3P/c2*1-28(2,3)31-22-10-16-25(17-11-22)34(26-18-12-23(13-19-26)32-29(4,5)6)27-20-14-24(15-21-27)33-30(7,8)9/h2*10-21H,1-9H3. The summed E-state index contributed by atoms with van der Waals surface area (Å²) >= 11 is 0. The maximum atomic E-state index is 6.05. The van der Waals surface area contributed by atoms with E-state index in [1.165, 1.54) is 31.8 Å². The molecule has 0 heterocycles. The van der Waals surface area contributed by atoms with Crippen LogP contribution in [0.25, 0.3) is 0 Å². The molecule has 0 saturated carbocycles. The summed E-state index contributed by atoms with van der Waals surface area (Å²) in [5, 5.41) is 7.61. The molecule has 0 aliphatic heterocycles. The molecule has 8 heteroatoms. The first-order chi connectivity index (χ1) is 31.4. The van der Waals surface area contributed by atoms with Gasteiger partial charge in [-0.2, -0.15) is 0 Å². The second kappa shape index (κ2) is 21.7. The number of hydrogen-bond donors (Lipinski definition) is 0. The topological polar surface area (TPSA) is 55.4 Å². The molecule has 364 valence electrons. The van der Waals surface area contributed by atoms with E-state index in [-0.39, 0.29) is 33.6 Å². The van der Waals surface area contributed by atoms with Crippen molar-refractivity contribution < 1.29 is 28.4 Å². The second-order valence-electron chi connectivity index (χ2n) is 22.9. The van der Waals surface area contributed by atoms with Crippen LogP contribution in [0.1, 0.15) is 125 Å². The highest BCUT2D eigenvalue weighted by Gasteiger charge is 2.23. The van der Waals surface area contributed by atoms with Gasteiger partial charge in [0.1, 0.15) is 68.1 Å². The average molecular weight is 957 g/mol. The summed E-state index contributed by atoms with van der Waals surface area (Å²) in [7, 11) is -1.50. The van der Waals surface area contributed by atoms with Crippen molar-refractivity contribution in [2.75, 3.05) is 0 Å². The summed E-state index contributed by atoms with van der Waals surface area (Å²) < 4.78 is 36.3. The molecule has 0 fully saturated rings. The molecule has 0 aliphatic rings. The van der Waals surface area contributed by atoms with Crippen molar-refractivity contribution in [2.45, 2.75) is 158 Å². The minimum absolute atomic E-state index is 0.224. The van der Waals surface area contributed by atoms with Crippen molar-refractivity contribution in [3.8, 4) is 34.5 Å². The Kier molecular flexibility index (Phi) is 17.2. The molecule has 0 amide bonds. The van der Waals surface area contributed by atoms with Crippen molar-refractivity contribution in [3.63, 3.8) is 0 Å². The summed E-state index contributed by atoms with van der Waals surface area (Å²) in [6.07, 6.45) is 0. The monoisotopic (exact) mass is 957 g/mol. The Morgan fingerprint density at radius 1 is 0.191 bits per heavy atom. The predicted octanol–water partition coefficient (Wildman–Crippen LogP) is 14.0. The molecule has 6 aromatic carbocycles. The molecule has 0 aliphatic carbocycles. The average Bonchev–Trinajstić information content (AvgIpc) is 3.19. The minimum atomic E-state index is -0.749. The Bertz CT molecular complexity index is 1990. The predicted molar refractivity (Wildman–Crippen MR) is 293 cm³/mol. The number of hydrogen-bond acceptors (Lipinski definition) is 6. The summed E-state index contributed by atoms with van der Waals surface area (Å²) in [5.74, 6) is 5.30. The molecule has 6 nitrogen and oxygen atoms in total. The van der Waals surface area contributed by atoms with Crippen LogP contribution in [0.3, 0.4) is 0 Å². The number of benzene rings is 6. The van der Waals surface area contributed by atoms with Crippen molar-refractivity contribution in [1.29, 1.82) is 0 Å². The molecule has 0 N–H and O–H groups in total. The lowest BCUT2D eigenvalue weighted by Crippen LogP contribution is -2.25. The molecule has 0 saturated heterocycles. The van der Waals surface area contributed by atoms with Gasteiger partial charge in [-0.1, -0.05) is 72.8 Å². The fourth-order valence-corrected chi connectivity index (χ4v) is 11.5. The zero-order valence-corrected chi connectivity index (χ0v) is 46.0. The van der Waals surface area contributed by atoms with E-state index in [2.05, 4.69) is 270 Å². The largest absolute Gasteiger partial charge is 0.488 e. The molecule has 0 unspecified atom stereocenters. The smallest absolute Gasteiger partial charge is 0.120 e. The second-order valence-corrected chi connectivity index (χ2v) is 27.4. The molecule has 0 atom stereocenters. The van der Waals surface area contributed by atoms with Gasteiger partial charge in [0, 0.05) is 0 Å². The zero-order chi connectivity index (χ0) is 50.3. The van der Waals surface area contributed by atoms with Crippen LogP contribution < -0.4 is 60.2 Å². The lowest BCUT2D eigenvalue weighted by Gasteiger charge is -2.25. The Morgan fingerprint density at radius 3 is 0.382 bits per heavy atom. The first-order valence-corrected chi connectivity index (χ1v) is 26.4. The Balaban J connectivity index is 0.000000254. The third-order valence-electron chi connectivity index (χ3n) is 9.11. The number of ether oxygens (including phenoxy) is 6. The van der Waals surface area contributed by atoms with E-state index in [4.69, 9.17) is 28.4 Å². The Hall–Kier alpha value is -5.02. The lowest BCUT2D eigenvalue weighted by molar-refractivity contribution is 0.130. The molecule has 0 spiro atoms. The first-order valence-electron chi connectivity index (χ1n) is 23.7. The van der Waals surface area contributed by atoms with Crippen molar-refractivity contribution >= 4 is 47.7 Å². The summed E-state index contributed by atoms with van der Waals surface area (Å²) in [4.78, 5) is 0. The SMILES string of the molecule is CC(C)(C)Oc1ccc(P(c2ccc(OC(C)(C)C)cc2)c2ccc(OC(C)(C)C)cc2)cc1.CC(C)(C)Oc1ccc(P(c2ccc(OC(C)(C)C)cc2)c2ccc(OC(C)(C)C)cc2)cc1. The quantitative estimate of drug-likeness (QED) is 0.114.